The summed E-state index contributed by atoms with van der Waals surface area (Å²) in [6.07, 6.45) is 0. The lowest BCUT2D eigenvalue weighted by Gasteiger charge is -2.32. The third kappa shape index (κ3) is 4.47. The van der Waals surface area contributed by atoms with E-state index in [0.717, 1.165) is 43.9 Å². The maximum Gasteiger partial charge on any atom is 0.260 e. The van der Waals surface area contributed by atoms with Crippen LogP contribution < -0.4 is 9.64 Å². The zero-order chi connectivity index (χ0) is 18.5. The average Bonchev–Trinajstić information content (AvgIpc) is 2.73. The van der Waals surface area contributed by atoms with E-state index < -0.39 is 0 Å². The van der Waals surface area contributed by atoms with Crippen LogP contribution in [-0.4, -0.2) is 43.6 Å². The smallest absolute Gasteiger partial charge is 0.260 e. The minimum Gasteiger partial charge on any atom is -0.484 e. The summed E-state index contributed by atoms with van der Waals surface area (Å²) in [4.78, 5) is 15.9. The molecule has 4 heteroatoms. The molecule has 0 atom stereocenters. The van der Waals surface area contributed by atoms with Crippen molar-refractivity contribution in [2.24, 2.45) is 0 Å². The number of nitrogens with zero attached hydrogens (tertiary/aromatic N) is 1. The lowest BCUT2D eigenvalue weighted by atomic mass is 10.1. The molecule has 0 aromatic heterocycles. The van der Waals surface area contributed by atoms with Crippen LogP contribution in [0.4, 0.5) is 0 Å². The van der Waals surface area contributed by atoms with E-state index in [1.807, 2.05) is 41.3 Å². The second-order valence-electron chi connectivity index (χ2n) is 7.09. The molecule has 4 rings (SSSR count). The van der Waals surface area contributed by atoms with Gasteiger partial charge in [-0.15, -0.1) is 0 Å². The molecule has 0 unspecified atom stereocenters. The molecule has 0 saturated carbocycles. The van der Waals surface area contributed by atoms with Gasteiger partial charge >= 0.3 is 0 Å². The number of nitrogens with one attached hydrogen (secondary N) is 1. The Morgan fingerprint density at radius 3 is 2.37 bits per heavy atom. The van der Waals surface area contributed by atoms with Crippen LogP contribution in [0.25, 0.3) is 10.8 Å². The molecule has 0 bridgehead atoms. The fourth-order valence-electron chi connectivity index (χ4n) is 3.63. The maximum absolute atomic E-state index is 12.5. The molecule has 1 N–H and O–H groups in total. The Morgan fingerprint density at radius 2 is 1.59 bits per heavy atom. The van der Waals surface area contributed by atoms with Crippen molar-refractivity contribution in [2.75, 3.05) is 32.8 Å². The highest BCUT2D eigenvalue weighted by Gasteiger charge is 2.23. The molecule has 1 fully saturated rings. The minimum absolute atomic E-state index is 0.0712. The fraction of sp³-hybridized carbons (Fsp3) is 0.261. The maximum atomic E-state index is 12.5. The van der Waals surface area contributed by atoms with Gasteiger partial charge < -0.3 is 14.5 Å². The van der Waals surface area contributed by atoms with Crippen molar-refractivity contribution in [1.82, 2.24) is 4.90 Å². The Hall–Kier alpha value is -2.85. The number of piperazine rings is 1. The van der Waals surface area contributed by atoms with E-state index in [4.69, 9.17) is 4.74 Å². The standard InChI is InChI=1S/C23H24N2O2/c26-23(18-27-22-11-10-20-8-4-5-9-21(20)16-22)25-14-12-24(13-15-25)17-19-6-2-1-3-7-19/h1-11,16H,12-15,17-18H2/p+1. The van der Waals surface area contributed by atoms with Gasteiger partial charge in [-0.25, -0.2) is 0 Å². The Balaban J connectivity index is 1.26. The average molecular weight is 361 g/mol. The third-order valence-corrected chi connectivity index (χ3v) is 5.20. The first-order chi connectivity index (χ1) is 13.3. The van der Waals surface area contributed by atoms with Gasteiger partial charge in [-0.1, -0.05) is 60.7 Å². The molecule has 138 valence electrons. The molecule has 3 aromatic rings. The van der Waals surface area contributed by atoms with Crippen molar-refractivity contribution in [3.05, 3.63) is 78.4 Å². The quantitative estimate of drug-likeness (QED) is 0.756. The van der Waals surface area contributed by atoms with Crippen molar-refractivity contribution in [1.29, 1.82) is 0 Å². The summed E-state index contributed by atoms with van der Waals surface area (Å²) in [5, 5.41) is 2.30. The van der Waals surface area contributed by atoms with Gasteiger partial charge in [0, 0.05) is 5.56 Å². The summed E-state index contributed by atoms with van der Waals surface area (Å²) in [7, 11) is 0. The summed E-state index contributed by atoms with van der Waals surface area (Å²) in [6, 6.07) is 24.6. The summed E-state index contributed by atoms with van der Waals surface area (Å²) < 4.78 is 5.75. The van der Waals surface area contributed by atoms with Gasteiger partial charge in [-0.3, -0.25) is 4.79 Å². The highest BCUT2D eigenvalue weighted by atomic mass is 16.5. The zero-order valence-corrected chi connectivity index (χ0v) is 15.4. The number of fused-ring (bicyclic) bond motifs is 1. The van der Waals surface area contributed by atoms with Gasteiger partial charge in [0.1, 0.15) is 12.3 Å². The summed E-state index contributed by atoms with van der Waals surface area (Å²) >= 11 is 0. The molecule has 3 aromatic carbocycles. The van der Waals surface area contributed by atoms with Gasteiger partial charge in [-0.05, 0) is 22.9 Å². The number of hydrogen-bond donors (Lipinski definition) is 1. The first-order valence-electron chi connectivity index (χ1n) is 9.55. The molecule has 1 heterocycles. The molecule has 0 aliphatic carbocycles. The minimum atomic E-state index is 0.0712. The van der Waals surface area contributed by atoms with Crippen LogP contribution in [0.1, 0.15) is 5.56 Å². The van der Waals surface area contributed by atoms with Gasteiger partial charge in [0.05, 0.1) is 26.2 Å². The van der Waals surface area contributed by atoms with Gasteiger partial charge in [-0.2, -0.15) is 0 Å². The molecule has 1 saturated heterocycles. The highest BCUT2D eigenvalue weighted by Crippen LogP contribution is 2.20. The second-order valence-corrected chi connectivity index (χ2v) is 7.09. The Bertz CT molecular complexity index is 902. The molecule has 1 aliphatic rings. The largest absolute Gasteiger partial charge is 0.484 e. The second kappa shape index (κ2) is 8.23. The zero-order valence-electron chi connectivity index (χ0n) is 15.4. The first kappa shape index (κ1) is 17.6. The van der Waals surface area contributed by atoms with Crippen molar-refractivity contribution in [2.45, 2.75) is 6.54 Å². The summed E-state index contributed by atoms with van der Waals surface area (Å²) in [5.74, 6) is 0.817. The van der Waals surface area contributed by atoms with Crippen molar-refractivity contribution in [3.63, 3.8) is 0 Å². The van der Waals surface area contributed by atoms with Gasteiger partial charge in [0.15, 0.2) is 6.61 Å². The lowest BCUT2D eigenvalue weighted by molar-refractivity contribution is -0.917. The van der Waals surface area contributed by atoms with Crippen LogP contribution in [-0.2, 0) is 11.3 Å². The Labute approximate surface area is 160 Å². The number of quaternary nitrogens is 1. The third-order valence-electron chi connectivity index (χ3n) is 5.20. The number of benzene rings is 3. The number of amides is 1. The molecule has 27 heavy (non-hydrogen) atoms. The molecule has 0 radical (unpaired) electrons. The monoisotopic (exact) mass is 361 g/mol. The normalized spacial score (nSPS) is 15.0. The molecular formula is C23H25N2O2+. The van der Waals surface area contributed by atoms with Crippen LogP contribution in [0.15, 0.2) is 72.8 Å². The van der Waals surface area contributed by atoms with E-state index in [2.05, 4.69) is 36.4 Å². The molecule has 1 aliphatic heterocycles. The van der Waals surface area contributed by atoms with Crippen LogP contribution in [0.3, 0.4) is 0 Å². The number of rotatable bonds is 5. The predicted octanol–water partition coefficient (Wildman–Crippen LogP) is 2.15. The number of carbonyl (C=O) groups is 1. The van der Waals surface area contributed by atoms with E-state index in [1.165, 1.54) is 15.8 Å². The molecule has 1 amide bonds. The number of hydrogen-bond acceptors (Lipinski definition) is 2. The van der Waals surface area contributed by atoms with Crippen LogP contribution in [0.5, 0.6) is 5.75 Å². The van der Waals surface area contributed by atoms with Crippen LogP contribution in [0.2, 0.25) is 0 Å². The van der Waals surface area contributed by atoms with E-state index in [9.17, 15) is 4.79 Å². The van der Waals surface area contributed by atoms with Crippen molar-refractivity contribution < 1.29 is 14.4 Å². The summed E-state index contributed by atoms with van der Waals surface area (Å²) in [6.45, 7) is 4.68. The van der Waals surface area contributed by atoms with E-state index in [-0.39, 0.29) is 12.5 Å². The Kier molecular flexibility index (Phi) is 5.35. The SMILES string of the molecule is O=C(COc1ccc2ccccc2c1)N1CC[NH+](Cc2ccccc2)CC1. The van der Waals surface area contributed by atoms with E-state index in [1.54, 1.807) is 0 Å². The fourth-order valence-corrected chi connectivity index (χ4v) is 3.63. The van der Waals surface area contributed by atoms with Gasteiger partial charge in [0.25, 0.3) is 5.91 Å². The highest BCUT2D eigenvalue weighted by molar-refractivity contribution is 5.84. The topological polar surface area (TPSA) is 34.0 Å². The molecular weight excluding hydrogens is 336 g/mol. The van der Waals surface area contributed by atoms with Crippen molar-refractivity contribution in [3.8, 4) is 5.75 Å². The van der Waals surface area contributed by atoms with Crippen LogP contribution >= 0.6 is 0 Å². The van der Waals surface area contributed by atoms with Crippen LogP contribution in [0, 0.1) is 0 Å². The molecule has 4 nitrogen and oxygen atoms in total. The van der Waals surface area contributed by atoms with Gasteiger partial charge in [0.2, 0.25) is 0 Å². The summed E-state index contributed by atoms with van der Waals surface area (Å²) in [5.41, 5.74) is 1.35. The predicted molar refractivity (Wildman–Crippen MR) is 107 cm³/mol. The number of carbonyl (C=O) groups excluding carboxylic acids is 1. The Morgan fingerprint density at radius 1 is 0.889 bits per heavy atom. The number of ether oxygens (including phenoxy) is 1. The molecule has 0 spiro atoms. The lowest BCUT2D eigenvalue weighted by Crippen LogP contribution is -3.13. The first-order valence-corrected chi connectivity index (χ1v) is 9.55. The van der Waals surface area contributed by atoms with Crippen molar-refractivity contribution >= 4 is 16.7 Å². The van der Waals surface area contributed by atoms with E-state index >= 15 is 0 Å². The van der Waals surface area contributed by atoms with E-state index in [0.29, 0.717) is 0 Å².